The summed E-state index contributed by atoms with van der Waals surface area (Å²) in [6, 6.07) is 4.67. The van der Waals surface area contributed by atoms with Gasteiger partial charge in [0.15, 0.2) is 0 Å². The molecule has 0 bridgehead atoms. The molecule has 20 heavy (non-hydrogen) atoms. The molecule has 1 aromatic carbocycles. The lowest BCUT2D eigenvalue weighted by molar-refractivity contribution is -0.184. The monoisotopic (exact) mass is 286 g/mol. The first-order chi connectivity index (χ1) is 9.24. The summed E-state index contributed by atoms with van der Waals surface area (Å²) < 4.78 is 37.3. The molecule has 4 nitrogen and oxygen atoms in total. The number of aromatic hydroxyl groups is 1. The van der Waals surface area contributed by atoms with Crippen molar-refractivity contribution in [1.82, 2.24) is 4.90 Å². The van der Waals surface area contributed by atoms with Crippen molar-refractivity contribution in [3.8, 4) is 5.75 Å². The minimum absolute atomic E-state index is 0.0396. The van der Waals surface area contributed by atoms with Crippen molar-refractivity contribution >= 4 is 11.6 Å². The van der Waals surface area contributed by atoms with E-state index in [1.165, 1.54) is 6.07 Å². The van der Waals surface area contributed by atoms with E-state index >= 15 is 0 Å². The zero-order chi connectivity index (χ0) is 14.7. The number of amides is 1. The Balaban J connectivity index is 1.83. The molecular formula is C13H13F3N2O2. The van der Waals surface area contributed by atoms with Gasteiger partial charge in [-0.05, 0) is 30.0 Å². The van der Waals surface area contributed by atoms with E-state index in [1.54, 1.807) is 12.1 Å². The zero-order valence-electron chi connectivity index (χ0n) is 10.4. The van der Waals surface area contributed by atoms with Crippen LogP contribution in [0.2, 0.25) is 0 Å². The number of fused-ring (bicyclic) bond motifs is 1. The summed E-state index contributed by atoms with van der Waals surface area (Å²) >= 11 is 0. The topological polar surface area (TPSA) is 66.6 Å². The molecule has 0 radical (unpaired) electrons. The lowest BCUT2D eigenvalue weighted by Crippen LogP contribution is -2.41. The average molecular weight is 286 g/mol. The molecule has 0 aromatic heterocycles. The molecule has 2 aliphatic rings. The van der Waals surface area contributed by atoms with E-state index in [0.717, 1.165) is 16.9 Å². The standard InChI is InChI=1S/C13H13F3N2O2/c14-13(15,16)11(20)18-5-8-4-12(8,6-18)7-1-2-10(19)9(17)3-7/h1-3,8,19H,4-6,17H2. The van der Waals surface area contributed by atoms with Gasteiger partial charge in [0, 0.05) is 18.5 Å². The molecule has 2 fully saturated rings. The fourth-order valence-corrected chi connectivity index (χ4v) is 3.13. The molecule has 3 rings (SSSR count). The number of phenols is 1. The first kappa shape index (κ1) is 13.1. The maximum absolute atomic E-state index is 12.4. The average Bonchev–Trinajstić information content (AvgIpc) is 2.93. The van der Waals surface area contributed by atoms with E-state index in [2.05, 4.69) is 0 Å². The summed E-state index contributed by atoms with van der Waals surface area (Å²) in [5.74, 6) is -1.79. The molecule has 1 amide bonds. The van der Waals surface area contributed by atoms with Crippen molar-refractivity contribution in [2.24, 2.45) is 5.92 Å². The van der Waals surface area contributed by atoms with Crippen LogP contribution in [0.4, 0.5) is 18.9 Å². The van der Waals surface area contributed by atoms with Crippen molar-refractivity contribution < 1.29 is 23.1 Å². The Bertz CT molecular complexity index is 587. The number of nitrogens with two attached hydrogens (primary N) is 1. The second kappa shape index (κ2) is 3.80. The molecule has 1 aromatic rings. The van der Waals surface area contributed by atoms with E-state index in [-0.39, 0.29) is 30.4 Å². The third kappa shape index (κ3) is 1.80. The second-order valence-corrected chi connectivity index (χ2v) is 5.51. The van der Waals surface area contributed by atoms with Crippen LogP contribution >= 0.6 is 0 Å². The number of nitrogen functional groups attached to an aromatic ring is 1. The van der Waals surface area contributed by atoms with Crippen LogP contribution in [-0.2, 0) is 10.2 Å². The number of hydrogen-bond donors (Lipinski definition) is 2. The van der Waals surface area contributed by atoms with Gasteiger partial charge in [-0.15, -0.1) is 0 Å². The van der Waals surface area contributed by atoms with Crippen molar-refractivity contribution in [2.45, 2.75) is 18.0 Å². The minimum atomic E-state index is -4.83. The fourth-order valence-electron chi connectivity index (χ4n) is 3.13. The molecule has 1 saturated heterocycles. The maximum atomic E-state index is 12.4. The predicted molar refractivity (Wildman–Crippen MR) is 64.9 cm³/mol. The number of anilines is 1. The summed E-state index contributed by atoms with van der Waals surface area (Å²) in [7, 11) is 0. The van der Waals surface area contributed by atoms with Gasteiger partial charge in [0.25, 0.3) is 0 Å². The van der Waals surface area contributed by atoms with Gasteiger partial charge in [0.1, 0.15) is 5.75 Å². The first-order valence-corrected chi connectivity index (χ1v) is 6.19. The van der Waals surface area contributed by atoms with Gasteiger partial charge in [-0.3, -0.25) is 4.79 Å². The van der Waals surface area contributed by atoms with Crippen molar-refractivity contribution in [3.63, 3.8) is 0 Å². The minimum Gasteiger partial charge on any atom is -0.506 e. The number of hydrogen-bond acceptors (Lipinski definition) is 3. The number of piperidine rings is 1. The SMILES string of the molecule is Nc1cc(C23CC2CN(C(=O)C(F)(F)F)C3)ccc1O. The molecule has 7 heteroatoms. The van der Waals surface area contributed by atoms with E-state index in [0.29, 0.717) is 0 Å². The van der Waals surface area contributed by atoms with Crippen LogP contribution in [0.25, 0.3) is 0 Å². The Kier molecular flexibility index (Phi) is 2.49. The molecule has 2 atom stereocenters. The van der Waals surface area contributed by atoms with Crippen LogP contribution in [0.15, 0.2) is 18.2 Å². The number of carbonyl (C=O) groups excluding carboxylic acids is 1. The lowest BCUT2D eigenvalue weighted by atomic mass is 9.94. The second-order valence-electron chi connectivity index (χ2n) is 5.51. The summed E-state index contributed by atoms with van der Waals surface area (Å²) in [5.41, 5.74) is 6.18. The first-order valence-electron chi connectivity index (χ1n) is 6.19. The Morgan fingerprint density at radius 1 is 1.45 bits per heavy atom. The molecule has 1 aliphatic heterocycles. The highest BCUT2D eigenvalue weighted by Gasteiger charge is 2.63. The molecule has 0 spiro atoms. The number of benzene rings is 1. The molecule has 2 unspecified atom stereocenters. The van der Waals surface area contributed by atoms with Crippen LogP contribution in [0.5, 0.6) is 5.75 Å². The Hall–Kier alpha value is -1.92. The van der Waals surface area contributed by atoms with Gasteiger partial charge >= 0.3 is 12.1 Å². The van der Waals surface area contributed by atoms with Gasteiger partial charge in [0.2, 0.25) is 0 Å². The molecule has 3 N–H and O–H groups in total. The quantitative estimate of drug-likeness (QED) is 0.609. The number of phenolic OH excluding ortho intramolecular Hbond substituents is 1. The van der Waals surface area contributed by atoms with Gasteiger partial charge < -0.3 is 15.7 Å². The third-order valence-corrected chi connectivity index (χ3v) is 4.28. The molecule has 1 saturated carbocycles. The fraction of sp³-hybridized carbons (Fsp3) is 0.462. The molecule has 1 heterocycles. The van der Waals surface area contributed by atoms with Crippen LogP contribution in [0.3, 0.4) is 0 Å². The lowest BCUT2D eigenvalue weighted by Gasteiger charge is -2.22. The highest BCUT2D eigenvalue weighted by Crippen LogP contribution is 2.59. The normalized spacial score (nSPS) is 28.4. The Labute approximate surface area is 113 Å². The van der Waals surface area contributed by atoms with Gasteiger partial charge in [-0.2, -0.15) is 13.2 Å². The van der Waals surface area contributed by atoms with E-state index in [1.807, 2.05) is 0 Å². The highest BCUT2D eigenvalue weighted by atomic mass is 19.4. The summed E-state index contributed by atoms with van der Waals surface area (Å²) in [6.45, 7) is 0.180. The van der Waals surface area contributed by atoms with Crippen molar-refractivity contribution in [3.05, 3.63) is 23.8 Å². The molecule has 1 aliphatic carbocycles. The summed E-state index contributed by atoms with van der Waals surface area (Å²) in [4.78, 5) is 12.1. The number of likely N-dealkylation sites (tertiary alicyclic amines) is 1. The number of halogens is 3. The Morgan fingerprint density at radius 2 is 2.15 bits per heavy atom. The van der Waals surface area contributed by atoms with E-state index < -0.39 is 17.5 Å². The van der Waals surface area contributed by atoms with Crippen LogP contribution in [0, 0.1) is 5.92 Å². The number of rotatable bonds is 1. The third-order valence-electron chi connectivity index (χ3n) is 4.28. The number of nitrogens with zero attached hydrogens (tertiary/aromatic N) is 1. The number of alkyl halides is 3. The Morgan fingerprint density at radius 3 is 2.75 bits per heavy atom. The van der Waals surface area contributed by atoms with Crippen LogP contribution < -0.4 is 5.73 Å². The smallest absolute Gasteiger partial charge is 0.471 e. The van der Waals surface area contributed by atoms with Gasteiger partial charge in [0.05, 0.1) is 5.69 Å². The maximum Gasteiger partial charge on any atom is 0.471 e. The summed E-state index contributed by atoms with van der Waals surface area (Å²) in [6.07, 6.45) is -4.08. The largest absolute Gasteiger partial charge is 0.506 e. The van der Waals surface area contributed by atoms with E-state index in [9.17, 15) is 23.1 Å². The van der Waals surface area contributed by atoms with Gasteiger partial charge in [-0.25, -0.2) is 0 Å². The van der Waals surface area contributed by atoms with Crippen molar-refractivity contribution in [1.29, 1.82) is 0 Å². The number of carbonyl (C=O) groups is 1. The summed E-state index contributed by atoms with van der Waals surface area (Å²) in [5, 5.41) is 9.39. The van der Waals surface area contributed by atoms with Crippen LogP contribution in [-0.4, -0.2) is 35.2 Å². The zero-order valence-corrected chi connectivity index (χ0v) is 10.4. The molecular weight excluding hydrogens is 273 g/mol. The van der Waals surface area contributed by atoms with Gasteiger partial charge in [-0.1, -0.05) is 6.07 Å². The van der Waals surface area contributed by atoms with E-state index in [4.69, 9.17) is 5.73 Å². The predicted octanol–water partition coefficient (Wildman–Crippen LogP) is 1.64. The van der Waals surface area contributed by atoms with Crippen LogP contribution in [0.1, 0.15) is 12.0 Å². The molecule has 108 valence electrons. The highest BCUT2D eigenvalue weighted by molar-refractivity contribution is 5.82. The van der Waals surface area contributed by atoms with Crippen molar-refractivity contribution in [2.75, 3.05) is 18.8 Å².